The standard InChI is InChI=1S/C11H20N2O/c1-4-8-13(3)10(14)11(5-2)6-7-12-9-11/h4,12H,1,5-9H2,2-3H3. The molecule has 1 aliphatic heterocycles. The molecule has 3 heteroatoms. The second-order valence-electron chi connectivity index (χ2n) is 4.04. The summed E-state index contributed by atoms with van der Waals surface area (Å²) in [6, 6.07) is 0. The number of carbonyl (C=O) groups is 1. The molecule has 0 bridgehead atoms. The number of nitrogens with zero attached hydrogens (tertiary/aromatic N) is 1. The first-order chi connectivity index (χ1) is 6.66. The summed E-state index contributed by atoms with van der Waals surface area (Å²) in [6.07, 6.45) is 3.65. The van der Waals surface area contributed by atoms with Crippen LogP contribution in [0.25, 0.3) is 0 Å². The third-order valence-corrected chi connectivity index (χ3v) is 3.12. The number of hydrogen-bond acceptors (Lipinski definition) is 2. The van der Waals surface area contributed by atoms with Gasteiger partial charge in [-0.15, -0.1) is 6.58 Å². The Labute approximate surface area is 86.2 Å². The summed E-state index contributed by atoms with van der Waals surface area (Å²) in [6.45, 7) is 8.16. The summed E-state index contributed by atoms with van der Waals surface area (Å²) in [5, 5.41) is 3.27. The van der Waals surface area contributed by atoms with Crippen LogP contribution in [-0.4, -0.2) is 37.5 Å². The van der Waals surface area contributed by atoms with Crippen molar-refractivity contribution in [1.82, 2.24) is 10.2 Å². The first-order valence-electron chi connectivity index (χ1n) is 5.23. The van der Waals surface area contributed by atoms with Crippen molar-refractivity contribution >= 4 is 5.91 Å². The fourth-order valence-corrected chi connectivity index (χ4v) is 2.06. The monoisotopic (exact) mass is 196 g/mol. The quantitative estimate of drug-likeness (QED) is 0.681. The molecule has 0 aliphatic carbocycles. The molecule has 0 saturated carbocycles. The number of rotatable bonds is 4. The topological polar surface area (TPSA) is 32.3 Å². The molecule has 14 heavy (non-hydrogen) atoms. The number of likely N-dealkylation sites (N-methyl/N-ethyl adjacent to an activating group) is 1. The lowest BCUT2D eigenvalue weighted by Gasteiger charge is -2.30. The SMILES string of the molecule is C=CCN(C)C(=O)C1(CC)CCNC1. The van der Waals surface area contributed by atoms with E-state index in [0.29, 0.717) is 6.54 Å². The molecule has 80 valence electrons. The van der Waals surface area contributed by atoms with Crippen molar-refractivity contribution in [2.24, 2.45) is 5.41 Å². The lowest BCUT2D eigenvalue weighted by molar-refractivity contribution is -0.139. The molecule has 1 aliphatic rings. The van der Waals surface area contributed by atoms with Gasteiger partial charge in [-0.25, -0.2) is 0 Å². The van der Waals surface area contributed by atoms with E-state index in [1.807, 2.05) is 7.05 Å². The van der Waals surface area contributed by atoms with Gasteiger partial charge in [0.15, 0.2) is 0 Å². The molecule has 0 aromatic carbocycles. The van der Waals surface area contributed by atoms with Gasteiger partial charge < -0.3 is 10.2 Å². The Morgan fingerprint density at radius 1 is 1.71 bits per heavy atom. The lowest BCUT2D eigenvalue weighted by atomic mass is 9.83. The summed E-state index contributed by atoms with van der Waals surface area (Å²) in [5.41, 5.74) is -0.155. The maximum Gasteiger partial charge on any atom is 0.230 e. The van der Waals surface area contributed by atoms with E-state index in [1.165, 1.54) is 0 Å². The fraction of sp³-hybridized carbons (Fsp3) is 0.727. The van der Waals surface area contributed by atoms with Crippen molar-refractivity contribution in [3.05, 3.63) is 12.7 Å². The highest BCUT2D eigenvalue weighted by Crippen LogP contribution is 2.31. The number of carbonyl (C=O) groups excluding carboxylic acids is 1. The highest BCUT2D eigenvalue weighted by molar-refractivity contribution is 5.83. The summed E-state index contributed by atoms with van der Waals surface area (Å²) in [7, 11) is 1.85. The van der Waals surface area contributed by atoms with Crippen molar-refractivity contribution in [3.8, 4) is 0 Å². The first kappa shape index (κ1) is 11.2. The van der Waals surface area contributed by atoms with Crippen molar-refractivity contribution in [1.29, 1.82) is 0 Å². The molecule has 0 spiro atoms. The van der Waals surface area contributed by atoms with Crippen LogP contribution in [0.5, 0.6) is 0 Å². The van der Waals surface area contributed by atoms with Crippen LogP contribution < -0.4 is 5.32 Å². The second-order valence-corrected chi connectivity index (χ2v) is 4.04. The molecule has 0 radical (unpaired) electrons. The smallest absolute Gasteiger partial charge is 0.230 e. The molecular formula is C11H20N2O. The van der Waals surface area contributed by atoms with Crippen molar-refractivity contribution in [3.63, 3.8) is 0 Å². The zero-order chi connectivity index (χ0) is 10.6. The van der Waals surface area contributed by atoms with E-state index in [0.717, 1.165) is 25.9 Å². The van der Waals surface area contributed by atoms with Gasteiger partial charge in [-0.3, -0.25) is 4.79 Å². The van der Waals surface area contributed by atoms with Crippen LogP contribution >= 0.6 is 0 Å². The second kappa shape index (κ2) is 4.60. The molecule has 1 rings (SSSR count). The molecule has 0 aromatic rings. The Bertz CT molecular complexity index is 219. The summed E-state index contributed by atoms with van der Waals surface area (Å²) in [5.74, 6) is 0.255. The van der Waals surface area contributed by atoms with Gasteiger partial charge in [-0.2, -0.15) is 0 Å². The fourth-order valence-electron chi connectivity index (χ4n) is 2.06. The average molecular weight is 196 g/mol. The molecule has 1 saturated heterocycles. The molecular weight excluding hydrogens is 176 g/mol. The van der Waals surface area contributed by atoms with E-state index in [1.54, 1.807) is 11.0 Å². The molecule has 1 atom stereocenters. The van der Waals surface area contributed by atoms with Crippen molar-refractivity contribution in [2.45, 2.75) is 19.8 Å². The van der Waals surface area contributed by atoms with Crippen LogP contribution in [0.3, 0.4) is 0 Å². The van der Waals surface area contributed by atoms with Crippen LogP contribution in [0, 0.1) is 5.41 Å². The highest BCUT2D eigenvalue weighted by Gasteiger charge is 2.40. The molecule has 1 N–H and O–H groups in total. The van der Waals surface area contributed by atoms with Gasteiger partial charge >= 0.3 is 0 Å². The molecule has 3 nitrogen and oxygen atoms in total. The Morgan fingerprint density at radius 2 is 2.43 bits per heavy atom. The Hall–Kier alpha value is -0.830. The number of hydrogen-bond donors (Lipinski definition) is 1. The average Bonchev–Trinajstić information content (AvgIpc) is 2.66. The first-order valence-corrected chi connectivity index (χ1v) is 5.23. The normalized spacial score (nSPS) is 26.1. The van der Waals surface area contributed by atoms with Crippen LogP contribution in [0.1, 0.15) is 19.8 Å². The molecule has 1 amide bonds. The van der Waals surface area contributed by atoms with Gasteiger partial charge in [-0.05, 0) is 19.4 Å². The predicted octanol–water partition coefficient (Wildman–Crippen LogP) is 1.02. The minimum atomic E-state index is -0.155. The van der Waals surface area contributed by atoms with Crippen LogP contribution in [0.2, 0.25) is 0 Å². The van der Waals surface area contributed by atoms with Gasteiger partial charge in [0, 0.05) is 20.1 Å². The van der Waals surface area contributed by atoms with Gasteiger partial charge in [0.1, 0.15) is 0 Å². The van der Waals surface area contributed by atoms with Gasteiger partial charge in [0.05, 0.1) is 5.41 Å². The summed E-state index contributed by atoms with van der Waals surface area (Å²) in [4.78, 5) is 13.9. The Kier molecular flexibility index (Phi) is 3.69. The maximum atomic E-state index is 12.1. The van der Waals surface area contributed by atoms with E-state index in [2.05, 4.69) is 18.8 Å². The zero-order valence-corrected chi connectivity index (χ0v) is 9.18. The summed E-state index contributed by atoms with van der Waals surface area (Å²) >= 11 is 0. The predicted molar refractivity (Wildman–Crippen MR) is 58.0 cm³/mol. The van der Waals surface area contributed by atoms with Crippen molar-refractivity contribution in [2.75, 3.05) is 26.7 Å². The Balaban J connectivity index is 2.68. The van der Waals surface area contributed by atoms with E-state index in [4.69, 9.17) is 0 Å². The van der Waals surface area contributed by atoms with E-state index in [9.17, 15) is 4.79 Å². The highest BCUT2D eigenvalue weighted by atomic mass is 16.2. The molecule has 1 fully saturated rings. The molecule has 1 heterocycles. The third-order valence-electron chi connectivity index (χ3n) is 3.12. The van der Waals surface area contributed by atoms with Gasteiger partial charge in [0.2, 0.25) is 5.91 Å². The number of amides is 1. The third kappa shape index (κ3) is 1.98. The van der Waals surface area contributed by atoms with Gasteiger partial charge in [-0.1, -0.05) is 13.0 Å². The minimum absolute atomic E-state index is 0.155. The van der Waals surface area contributed by atoms with E-state index in [-0.39, 0.29) is 11.3 Å². The van der Waals surface area contributed by atoms with Crippen LogP contribution in [0.4, 0.5) is 0 Å². The summed E-state index contributed by atoms with van der Waals surface area (Å²) < 4.78 is 0. The largest absolute Gasteiger partial charge is 0.342 e. The zero-order valence-electron chi connectivity index (χ0n) is 9.18. The van der Waals surface area contributed by atoms with Crippen molar-refractivity contribution < 1.29 is 4.79 Å². The van der Waals surface area contributed by atoms with E-state index >= 15 is 0 Å². The van der Waals surface area contributed by atoms with E-state index < -0.39 is 0 Å². The minimum Gasteiger partial charge on any atom is -0.342 e. The van der Waals surface area contributed by atoms with Crippen LogP contribution in [0.15, 0.2) is 12.7 Å². The maximum absolute atomic E-state index is 12.1. The molecule has 0 aromatic heterocycles. The van der Waals surface area contributed by atoms with Gasteiger partial charge in [0.25, 0.3) is 0 Å². The van der Waals surface area contributed by atoms with Crippen LogP contribution in [-0.2, 0) is 4.79 Å². The Morgan fingerprint density at radius 3 is 2.86 bits per heavy atom. The molecule has 1 unspecified atom stereocenters. The lowest BCUT2D eigenvalue weighted by Crippen LogP contribution is -2.43. The number of nitrogens with one attached hydrogen (secondary N) is 1.